The molecule has 0 aromatic carbocycles. The molecule has 0 fully saturated rings. The molecular formula is C16H28N4O. The minimum atomic E-state index is 0.109. The van der Waals surface area contributed by atoms with E-state index in [4.69, 9.17) is 10.9 Å². The lowest BCUT2D eigenvalue weighted by Crippen LogP contribution is -2.31. The second kappa shape index (κ2) is 8.49. The van der Waals surface area contributed by atoms with Crippen LogP contribution in [0.2, 0.25) is 0 Å². The van der Waals surface area contributed by atoms with Crippen molar-refractivity contribution in [3.05, 3.63) is 23.9 Å². The Morgan fingerprint density at radius 1 is 1.24 bits per heavy atom. The van der Waals surface area contributed by atoms with E-state index in [1.807, 2.05) is 6.07 Å². The summed E-state index contributed by atoms with van der Waals surface area (Å²) in [5.41, 5.74) is 6.47. The van der Waals surface area contributed by atoms with Crippen LogP contribution in [0.4, 0.5) is 5.82 Å². The molecule has 1 aromatic rings. The molecule has 0 aliphatic carbocycles. The standard InChI is InChI=1S/C16H28N4O/c1-12(2)7-10-20(11-8-13(3)4)16-14(15(17)19-21)6-5-9-18-16/h5-6,9,12-13,21H,7-8,10-11H2,1-4H3,(H2,17,19). The number of nitrogens with two attached hydrogens (primary N) is 1. The van der Waals surface area contributed by atoms with Crippen LogP contribution in [0.3, 0.4) is 0 Å². The van der Waals surface area contributed by atoms with Gasteiger partial charge in [0, 0.05) is 19.3 Å². The summed E-state index contributed by atoms with van der Waals surface area (Å²) in [5.74, 6) is 2.16. The highest BCUT2D eigenvalue weighted by Crippen LogP contribution is 2.19. The number of oxime groups is 1. The number of hydrogen-bond acceptors (Lipinski definition) is 4. The van der Waals surface area contributed by atoms with E-state index >= 15 is 0 Å². The van der Waals surface area contributed by atoms with E-state index in [2.05, 4.69) is 42.7 Å². The van der Waals surface area contributed by atoms with Crippen LogP contribution in [-0.4, -0.2) is 29.1 Å². The summed E-state index contributed by atoms with van der Waals surface area (Å²) in [6.45, 7) is 10.7. The highest BCUT2D eigenvalue weighted by atomic mass is 16.4. The first-order valence-corrected chi connectivity index (χ1v) is 7.63. The number of aromatic nitrogens is 1. The van der Waals surface area contributed by atoms with Crippen LogP contribution in [0.5, 0.6) is 0 Å². The number of anilines is 1. The summed E-state index contributed by atoms with van der Waals surface area (Å²) >= 11 is 0. The van der Waals surface area contributed by atoms with Crippen molar-refractivity contribution in [2.45, 2.75) is 40.5 Å². The number of nitrogens with zero attached hydrogens (tertiary/aromatic N) is 3. The van der Waals surface area contributed by atoms with Crippen LogP contribution < -0.4 is 10.6 Å². The molecule has 0 radical (unpaired) electrons. The predicted molar refractivity (Wildman–Crippen MR) is 87.9 cm³/mol. The smallest absolute Gasteiger partial charge is 0.173 e. The largest absolute Gasteiger partial charge is 0.409 e. The Hall–Kier alpha value is -1.78. The van der Waals surface area contributed by atoms with Crippen molar-refractivity contribution >= 4 is 11.7 Å². The quantitative estimate of drug-likeness (QED) is 0.334. The molecule has 5 heteroatoms. The van der Waals surface area contributed by atoms with Gasteiger partial charge in [0.15, 0.2) is 5.84 Å². The first-order chi connectivity index (χ1) is 9.95. The first kappa shape index (κ1) is 17.3. The molecule has 0 bridgehead atoms. The summed E-state index contributed by atoms with van der Waals surface area (Å²) in [4.78, 5) is 6.70. The van der Waals surface area contributed by atoms with Crippen molar-refractivity contribution in [3.63, 3.8) is 0 Å². The Labute approximate surface area is 127 Å². The van der Waals surface area contributed by atoms with Gasteiger partial charge in [-0.3, -0.25) is 0 Å². The van der Waals surface area contributed by atoms with E-state index in [9.17, 15) is 0 Å². The van der Waals surface area contributed by atoms with Crippen molar-refractivity contribution in [3.8, 4) is 0 Å². The maximum Gasteiger partial charge on any atom is 0.173 e. The van der Waals surface area contributed by atoms with Gasteiger partial charge in [0.25, 0.3) is 0 Å². The highest BCUT2D eigenvalue weighted by molar-refractivity contribution is 6.01. The van der Waals surface area contributed by atoms with Crippen molar-refractivity contribution in [2.75, 3.05) is 18.0 Å². The average Bonchev–Trinajstić information content (AvgIpc) is 2.46. The lowest BCUT2D eigenvalue weighted by atomic mass is 10.1. The zero-order valence-corrected chi connectivity index (χ0v) is 13.6. The molecule has 0 atom stereocenters. The highest BCUT2D eigenvalue weighted by Gasteiger charge is 2.16. The van der Waals surface area contributed by atoms with E-state index in [0.29, 0.717) is 17.4 Å². The second-order valence-electron chi connectivity index (χ2n) is 6.21. The normalized spacial score (nSPS) is 12.2. The molecule has 0 amide bonds. The van der Waals surface area contributed by atoms with E-state index in [1.54, 1.807) is 12.3 Å². The van der Waals surface area contributed by atoms with Gasteiger partial charge in [-0.05, 0) is 36.8 Å². The average molecular weight is 292 g/mol. The molecule has 0 aliphatic rings. The van der Waals surface area contributed by atoms with Crippen molar-refractivity contribution < 1.29 is 5.21 Å². The SMILES string of the molecule is CC(C)CCN(CCC(C)C)c1ncccc1/C(N)=N/O. The zero-order chi connectivity index (χ0) is 15.8. The van der Waals surface area contributed by atoms with Gasteiger partial charge < -0.3 is 15.8 Å². The van der Waals surface area contributed by atoms with Crippen molar-refractivity contribution in [1.29, 1.82) is 0 Å². The van der Waals surface area contributed by atoms with Crippen LogP contribution in [-0.2, 0) is 0 Å². The Morgan fingerprint density at radius 3 is 2.29 bits per heavy atom. The molecule has 118 valence electrons. The number of amidine groups is 1. The van der Waals surface area contributed by atoms with Gasteiger partial charge in [0.1, 0.15) is 5.82 Å². The fourth-order valence-electron chi connectivity index (χ4n) is 2.05. The Morgan fingerprint density at radius 2 is 1.81 bits per heavy atom. The maximum absolute atomic E-state index is 8.95. The molecule has 0 saturated heterocycles. The number of rotatable bonds is 8. The third-order valence-electron chi connectivity index (χ3n) is 3.42. The first-order valence-electron chi connectivity index (χ1n) is 7.63. The number of pyridine rings is 1. The van der Waals surface area contributed by atoms with E-state index < -0.39 is 0 Å². The molecule has 0 aliphatic heterocycles. The summed E-state index contributed by atoms with van der Waals surface area (Å²) in [6, 6.07) is 3.65. The van der Waals surface area contributed by atoms with Crippen molar-refractivity contribution in [2.24, 2.45) is 22.7 Å². The van der Waals surface area contributed by atoms with Gasteiger partial charge in [0.2, 0.25) is 0 Å². The van der Waals surface area contributed by atoms with Gasteiger partial charge in [-0.2, -0.15) is 0 Å². The number of hydrogen-bond donors (Lipinski definition) is 2. The fraction of sp³-hybridized carbons (Fsp3) is 0.625. The van der Waals surface area contributed by atoms with Gasteiger partial charge in [0.05, 0.1) is 5.56 Å². The summed E-state index contributed by atoms with van der Waals surface area (Å²) in [7, 11) is 0. The van der Waals surface area contributed by atoms with Gasteiger partial charge in [-0.15, -0.1) is 0 Å². The molecule has 3 N–H and O–H groups in total. The molecule has 1 aromatic heterocycles. The third-order valence-corrected chi connectivity index (χ3v) is 3.42. The Kier molecular flexibility index (Phi) is 6.99. The maximum atomic E-state index is 8.95. The van der Waals surface area contributed by atoms with Gasteiger partial charge in [-0.1, -0.05) is 32.9 Å². The predicted octanol–water partition coefficient (Wildman–Crippen LogP) is 3.07. The van der Waals surface area contributed by atoms with Crippen molar-refractivity contribution in [1.82, 2.24) is 4.98 Å². The molecule has 21 heavy (non-hydrogen) atoms. The van der Waals surface area contributed by atoms with Crippen LogP contribution in [0.15, 0.2) is 23.5 Å². The van der Waals surface area contributed by atoms with Gasteiger partial charge in [-0.25, -0.2) is 4.98 Å². The summed E-state index contributed by atoms with van der Waals surface area (Å²) in [6.07, 6.45) is 3.93. The molecule has 0 saturated carbocycles. The van der Waals surface area contributed by atoms with Crippen LogP contribution in [0.1, 0.15) is 46.1 Å². The molecule has 0 unspecified atom stereocenters. The van der Waals surface area contributed by atoms with Crippen LogP contribution in [0, 0.1) is 11.8 Å². The molecule has 0 spiro atoms. The molecular weight excluding hydrogens is 264 g/mol. The zero-order valence-electron chi connectivity index (χ0n) is 13.6. The Bertz CT molecular complexity index is 445. The van der Waals surface area contributed by atoms with E-state index in [-0.39, 0.29) is 5.84 Å². The lowest BCUT2D eigenvalue weighted by Gasteiger charge is -2.27. The van der Waals surface area contributed by atoms with Crippen LogP contribution in [0.25, 0.3) is 0 Å². The molecule has 1 rings (SSSR count). The van der Waals surface area contributed by atoms with Gasteiger partial charge >= 0.3 is 0 Å². The fourth-order valence-corrected chi connectivity index (χ4v) is 2.05. The summed E-state index contributed by atoms with van der Waals surface area (Å²) in [5, 5.41) is 12.1. The minimum absolute atomic E-state index is 0.109. The topological polar surface area (TPSA) is 74.7 Å². The summed E-state index contributed by atoms with van der Waals surface area (Å²) < 4.78 is 0. The van der Waals surface area contributed by atoms with E-state index in [1.165, 1.54) is 0 Å². The Balaban J connectivity index is 3.00. The minimum Gasteiger partial charge on any atom is -0.409 e. The lowest BCUT2D eigenvalue weighted by molar-refractivity contribution is 0.318. The monoisotopic (exact) mass is 292 g/mol. The van der Waals surface area contributed by atoms with E-state index in [0.717, 1.165) is 31.7 Å². The molecule has 1 heterocycles. The van der Waals surface area contributed by atoms with Crippen LogP contribution >= 0.6 is 0 Å². The second-order valence-corrected chi connectivity index (χ2v) is 6.21. The molecule has 5 nitrogen and oxygen atoms in total. The third kappa shape index (κ3) is 5.61.